The van der Waals surface area contributed by atoms with Crippen LogP contribution >= 0.6 is 11.8 Å². The smallest absolute Gasteiger partial charge is 0.240 e. The standard InChI is InChI=1S/C24H20FN5O2S/c25-17-11-13-18(14-12-17)26-23(31)22-21(16-7-3-1-4-8-16)29-30-20(27-28-24(30)33-22)15-32-19-9-5-2-6-10-19/h1-14,21-22,29H,15H2,(H,26,31)/t21-,22-/m1/s1. The Labute approximate surface area is 194 Å². The normalized spacial score (nSPS) is 17.0. The second kappa shape index (κ2) is 9.33. The number of nitrogens with one attached hydrogen (secondary N) is 2. The molecule has 0 aliphatic carbocycles. The molecule has 1 amide bonds. The lowest BCUT2D eigenvalue weighted by molar-refractivity contribution is -0.116. The van der Waals surface area contributed by atoms with Crippen molar-refractivity contribution in [3.8, 4) is 5.75 Å². The molecule has 2 N–H and O–H groups in total. The number of para-hydroxylation sites is 1. The van der Waals surface area contributed by atoms with E-state index >= 15 is 0 Å². The molecule has 166 valence electrons. The molecular formula is C24H20FN5O2S. The van der Waals surface area contributed by atoms with Crippen molar-refractivity contribution in [1.29, 1.82) is 0 Å². The van der Waals surface area contributed by atoms with E-state index in [1.165, 1.54) is 36.0 Å². The minimum absolute atomic E-state index is 0.218. The lowest BCUT2D eigenvalue weighted by atomic mass is 10.0. The van der Waals surface area contributed by atoms with Crippen LogP contribution in [0.2, 0.25) is 0 Å². The minimum Gasteiger partial charge on any atom is -0.486 e. The van der Waals surface area contributed by atoms with Gasteiger partial charge in [0.25, 0.3) is 0 Å². The minimum atomic E-state index is -0.531. The maximum Gasteiger partial charge on any atom is 0.240 e. The highest BCUT2D eigenvalue weighted by atomic mass is 32.2. The number of anilines is 1. The molecule has 4 aromatic rings. The zero-order valence-electron chi connectivity index (χ0n) is 17.4. The SMILES string of the molecule is O=C(Nc1ccc(F)cc1)[C@@H]1Sc2nnc(COc3ccccc3)n2N[C@@H]1c1ccccc1. The molecule has 0 bridgehead atoms. The summed E-state index contributed by atoms with van der Waals surface area (Å²) in [4.78, 5) is 13.2. The van der Waals surface area contributed by atoms with Crippen molar-refractivity contribution in [3.63, 3.8) is 0 Å². The average molecular weight is 462 g/mol. The van der Waals surface area contributed by atoms with Crippen LogP contribution in [0, 0.1) is 5.82 Å². The fourth-order valence-electron chi connectivity index (χ4n) is 3.51. The highest BCUT2D eigenvalue weighted by Gasteiger charge is 2.37. The topological polar surface area (TPSA) is 81.1 Å². The third-order valence-electron chi connectivity index (χ3n) is 5.14. The largest absolute Gasteiger partial charge is 0.486 e. The predicted octanol–water partition coefficient (Wildman–Crippen LogP) is 4.39. The van der Waals surface area contributed by atoms with Gasteiger partial charge in [0.05, 0.1) is 6.04 Å². The maximum atomic E-state index is 13.2. The number of hydrogen-bond acceptors (Lipinski definition) is 6. The predicted molar refractivity (Wildman–Crippen MR) is 124 cm³/mol. The van der Waals surface area contributed by atoms with Crippen molar-refractivity contribution in [1.82, 2.24) is 14.9 Å². The summed E-state index contributed by atoms with van der Waals surface area (Å²) in [6.45, 7) is 0.221. The van der Waals surface area contributed by atoms with E-state index in [0.29, 0.717) is 16.7 Å². The summed E-state index contributed by atoms with van der Waals surface area (Å²) < 4.78 is 20.9. The van der Waals surface area contributed by atoms with E-state index in [0.717, 1.165) is 11.3 Å². The van der Waals surface area contributed by atoms with Crippen LogP contribution in [0.3, 0.4) is 0 Å². The van der Waals surface area contributed by atoms with Gasteiger partial charge in [-0.15, -0.1) is 10.2 Å². The first-order valence-corrected chi connectivity index (χ1v) is 11.2. The first-order chi connectivity index (χ1) is 16.2. The monoisotopic (exact) mass is 461 g/mol. The second-order valence-electron chi connectivity index (χ2n) is 7.39. The third kappa shape index (κ3) is 4.68. The summed E-state index contributed by atoms with van der Waals surface area (Å²) in [6, 6.07) is 24.5. The van der Waals surface area contributed by atoms with Crippen LogP contribution in [-0.2, 0) is 11.4 Å². The quantitative estimate of drug-likeness (QED) is 0.443. The van der Waals surface area contributed by atoms with E-state index < -0.39 is 5.25 Å². The number of benzene rings is 3. The number of thioether (sulfide) groups is 1. The molecule has 1 aliphatic heterocycles. The van der Waals surface area contributed by atoms with Gasteiger partial charge < -0.3 is 15.5 Å². The summed E-state index contributed by atoms with van der Waals surface area (Å²) in [7, 11) is 0. The Morgan fingerprint density at radius 1 is 1.00 bits per heavy atom. The molecule has 33 heavy (non-hydrogen) atoms. The van der Waals surface area contributed by atoms with Gasteiger partial charge in [-0.1, -0.05) is 60.3 Å². The summed E-state index contributed by atoms with van der Waals surface area (Å²) in [6.07, 6.45) is 0. The summed E-state index contributed by atoms with van der Waals surface area (Å²) in [5.74, 6) is 0.751. The first-order valence-electron chi connectivity index (χ1n) is 10.3. The van der Waals surface area contributed by atoms with E-state index in [9.17, 15) is 9.18 Å². The third-order valence-corrected chi connectivity index (χ3v) is 6.36. The summed E-state index contributed by atoms with van der Waals surface area (Å²) >= 11 is 1.32. The number of rotatable bonds is 6. The molecule has 0 unspecified atom stereocenters. The van der Waals surface area contributed by atoms with Crippen LogP contribution in [0.15, 0.2) is 90.1 Å². The van der Waals surface area contributed by atoms with Crippen molar-refractivity contribution in [3.05, 3.63) is 102 Å². The van der Waals surface area contributed by atoms with E-state index in [4.69, 9.17) is 4.74 Å². The highest BCUT2D eigenvalue weighted by molar-refractivity contribution is 8.00. The molecule has 9 heteroatoms. The molecule has 2 heterocycles. The van der Waals surface area contributed by atoms with Gasteiger partial charge in [0.1, 0.15) is 23.4 Å². The van der Waals surface area contributed by atoms with Gasteiger partial charge in [-0.2, -0.15) is 0 Å². The van der Waals surface area contributed by atoms with Crippen molar-refractivity contribution < 1.29 is 13.9 Å². The molecule has 5 rings (SSSR count). The Morgan fingerprint density at radius 3 is 2.42 bits per heavy atom. The molecular weight excluding hydrogens is 441 g/mol. The maximum absolute atomic E-state index is 13.2. The Morgan fingerprint density at radius 2 is 1.70 bits per heavy atom. The zero-order chi connectivity index (χ0) is 22.6. The Kier molecular flexibility index (Phi) is 5.95. The van der Waals surface area contributed by atoms with Gasteiger partial charge in [-0.3, -0.25) is 4.79 Å². The molecule has 2 atom stereocenters. The fraction of sp³-hybridized carbons (Fsp3) is 0.125. The molecule has 1 aromatic heterocycles. The number of halogens is 1. The number of carbonyl (C=O) groups excluding carboxylic acids is 1. The highest BCUT2D eigenvalue weighted by Crippen LogP contribution is 2.37. The van der Waals surface area contributed by atoms with Gasteiger partial charge >= 0.3 is 0 Å². The molecule has 7 nitrogen and oxygen atoms in total. The number of carbonyl (C=O) groups is 1. The van der Waals surface area contributed by atoms with Gasteiger partial charge in [0, 0.05) is 5.69 Å². The number of ether oxygens (including phenoxy) is 1. The fourth-order valence-corrected chi connectivity index (χ4v) is 4.61. The Hall–Kier alpha value is -3.85. The number of amides is 1. The van der Waals surface area contributed by atoms with Crippen LogP contribution in [-0.4, -0.2) is 26.0 Å². The molecule has 0 saturated carbocycles. The second-order valence-corrected chi connectivity index (χ2v) is 8.50. The van der Waals surface area contributed by atoms with Crippen molar-refractivity contribution in [2.45, 2.75) is 23.1 Å². The Bertz CT molecular complexity index is 1230. The van der Waals surface area contributed by atoms with Crippen molar-refractivity contribution in [2.24, 2.45) is 0 Å². The first kappa shape index (κ1) is 21.0. The molecule has 0 radical (unpaired) electrons. The van der Waals surface area contributed by atoms with Gasteiger partial charge in [-0.05, 0) is 42.0 Å². The van der Waals surface area contributed by atoms with Crippen LogP contribution in [0.5, 0.6) is 5.75 Å². The average Bonchev–Trinajstić information content (AvgIpc) is 3.26. The van der Waals surface area contributed by atoms with Crippen molar-refractivity contribution in [2.75, 3.05) is 10.7 Å². The molecule has 0 spiro atoms. The molecule has 0 fully saturated rings. The molecule has 1 aliphatic rings. The molecule has 3 aromatic carbocycles. The number of fused-ring (bicyclic) bond motifs is 1. The van der Waals surface area contributed by atoms with E-state index in [2.05, 4.69) is 20.9 Å². The number of aromatic nitrogens is 3. The van der Waals surface area contributed by atoms with Gasteiger partial charge in [0.15, 0.2) is 5.82 Å². The van der Waals surface area contributed by atoms with Crippen molar-refractivity contribution >= 4 is 23.4 Å². The summed E-state index contributed by atoms with van der Waals surface area (Å²) in [5.41, 5.74) is 4.86. The van der Waals surface area contributed by atoms with Gasteiger partial charge in [-0.25, -0.2) is 9.07 Å². The van der Waals surface area contributed by atoms with Crippen LogP contribution in [0.25, 0.3) is 0 Å². The lowest BCUT2D eigenvalue weighted by Crippen LogP contribution is -2.41. The summed E-state index contributed by atoms with van der Waals surface area (Å²) in [5, 5.41) is 11.4. The zero-order valence-corrected chi connectivity index (χ0v) is 18.2. The molecule has 0 saturated heterocycles. The number of nitrogens with zero attached hydrogens (tertiary/aromatic N) is 3. The van der Waals surface area contributed by atoms with Crippen LogP contribution in [0.1, 0.15) is 17.4 Å². The number of hydrogen-bond donors (Lipinski definition) is 2. The van der Waals surface area contributed by atoms with E-state index in [-0.39, 0.29) is 24.4 Å². The van der Waals surface area contributed by atoms with E-state index in [1.807, 2.05) is 60.7 Å². The van der Waals surface area contributed by atoms with E-state index in [1.54, 1.807) is 4.68 Å². The lowest BCUT2D eigenvalue weighted by Gasteiger charge is -2.33. The van der Waals surface area contributed by atoms with Gasteiger partial charge in [0.2, 0.25) is 11.1 Å². The van der Waals surface area contributed by atoms with Crippen LogP contribution in [0.4, 0.5) is 10.1 Å². The van der Waals surface area contributed by atoms with Crippen LogP contribution < -0.4 is 15.5 Å². The Balaban J connectivity index is 1.40.